The Bertz CT molecular complexity index is 510. The number of nitro benzene ring substituents is 1. The number of nitrogens with two attached hydrogens (primary N) is 1. The Hall–Kier alpha value is -1.53. The van der Waals surface area contributed by atoms with E-state index in [4.69, 9.17) is 5.73 Å². The number of hydrogen-bond donors (Lipinski definition) is 1. The number of non-ortho nitro benzene ring substituents is 1. The van der Waals surface area contributed by atoms with Crippen LogP contribution in [0.25, 0.3) is 0 Å². The van der Waals surface area contributed by atoms with Crippen molar-refractivity contribution in [3.05, 3.63) is 39.7 Å². The maximum Gasteiger partial charge on any atom is 0.272 e. The van der Waals surface area contributed by atoms with Crippen molar-refractivity contribution in [2.45, 2.75) is 38.3 Å². The fourth-order valence-corrected chi connectivity index (χ4v) is 3.28. The summed E-state index contributed by atoms with van der Waals surface area (Å²) in [6.07, 6.45) is 4.58. The van der Waals surface area contributed by atoms with Crippen LogP contribution in [0.5, 0.6) is 0 Å². The number of rotatable bonds is 5. The Morgan fingerprint density at radius 2 is 2.10 bits per heavy atom. The van der Waals surface area contributed by atoms with E-state index < -0.39 is 10.7 Å². The van der Waals surface area contributed by atoms with Crippen molar-refractivity contribution in [3.8, 4) is 0 Å². The summed E-state index contributed by atoms with van der Waals surface area (Å²) >= 11 is 0. The normalized spacial score (nSPS) is 22.5. The molecule has 1 aliphatic rings. The summed E-state index contributed by atoms with van der Waals surface area (Å²) in [7, 11) is 1.98. The van der Waals surface area contributed by atoms with Gasteiger partial charge in [0.05, 0.1) is 11.0 Å². The van der Waals surface area contributed by atoms with Gasteiger partial charge in [-0.2, -0.15) is 0 Å². The minimum absolute atomic E-state index is 0.197. The first kappa shape index (κ1) is 15.9. The van der Waals surface area contributed by atoms with Gasteiger partial charge < -0.3 is 5.73 Å². The van der Waals surface area contributed by atoms with Crippen LogP contribution in [-0.2, 0) is 6.54 Å². The second-order valence-corrected chi connectivity index (χ2v) is 5.84. The molecule has 2 rings (SSSR count). The highest BCUT2D eigenvalue weighted by molar-refractivity contribution is 5.35. The summed E-state index contributed by atoms with van der Waals surface area (Å²) in [5, 5.41) is 10.8. The number of benzene rings is 1. The van der Waals surface area contributed by atoms with Crippen molar-refractivity contribution in [2.24, 2.45) is 11.7 Å². The van der Waals surface area contributed by atoms with Gasteiger partial charge in [0.1, 0.15) is 5.82 Å². The fourth-order valence-electron chi connectivity index (χ4n) is 3.28. The molecule has 2 atom stereocenters. The third-order valence-corrected chi connectivity index (χ3v) is 4.32. The van der Waals surface area contributed by atoms with Crippen LogP contribution in [0.15, 0.2) is 18.2 Å². The van der Waals surface area contributed by atoms with Crippen LogP contribution in [0.2, 0.25) is 0 Å². The van der Waals surface area contributed by atoms with Crippen LogP contribution in [0.3, 0.4) is 0 Å². The van der Waals surface area contributed by atoms with Gasteiger partial charge in [0.2, 0.25) is 0 Å². The molecule has 0 spiro atoms. The molecule has 0 aliphatic heterocycles. The Kier molecular flexibility index (Phi) is 5.25. The summed E-state index contributed by atoms with van der Waals surface area (Å²) < 4.78 is 13.5. The van der Waals surface area contributed by atoms with Gasteiger partial charge in [0, 0.05) is 18.7 Å². The standard InChI is InChI=1S/C15H22FN3O2/c1-18(15-5-3-2-4-12(15)9-17)10-11-6-13(16)8-14(7-11)19(20)21/h6-8,12,15H,2-5,9-10,17H2,1H3. The van der Waals surface area contributed by atoms with Gasteiger partial charge >= 0.3 is 0 Å². The predicted octanol–water partition coefficient (Wildman–Crippen LogP) is 2.68. The molecule has 116 valence electrons. The van der Waals surface area contributed by atoms with Gasteiger partial charge in [0.15, 0.2) is 0 Å². The maximum atomic E-state index is 13.5. The lowest BCUT2D eigenvalue weighted by atomic mass is 9.83. The number of nitrogens with zero attached hydrogens (tertiary/aromatic N) is 2. The minimum Gasteiger partial charge on any atom is -0.330 e. The zero-order chi connectivity index (χ0) is 15.4. The highest BCUT2D eigenvalue weighted by Gasteiger charge is 2.27. The second kappa shape index (κ2) is 6.95. The average Bonchev–Trinajstić information content (AvgIpc) is 2.46. The van der Waals surface area contributed by atoms with E-state index in [1.807, 2.05) is 7.05 Å². The van der Waals surface area contributed by atoms with Gasteiger partial charge in [-0.1, -0.05) is 12.8 Å². The molecule has 5 nitrogen and oxygen atoms in total. The second-order valence-electron chi connectivity index (χ2n) is 5.84. The van der Waals surface area contributed by atoms with E-state index in [9.17, 15) is 14.5 Å². The Morgan fingerprint density at radius 1 is 1.38 bits per heavy atom. The third-order valence-electron chi connectivity index (χ3n) is 4.32. The highest BCUT2D eigenvalue weighted by Crippen LogP contribution is 2.28. The SMILES string of the molecule is CN(Cc1cc(F)cc([N+](=O)[O-])c1)C1CCCCC1CN. The zero-order valence-electron chi connectivity index (χ0n) is 12.3. The highest BCUT2D eigenvalue weighted by atomic mass is 19.1. The van der Waals surface area contributed by atoms with Crippen LogP contribution < -0.4 is 5.73 Å². The largest absolute Gasteiger partial charge is 0.330 e. The first-order valence-electron chi connectivity index (χ1n) is 7.35. The first-order chi connectivity index (χ1) is 10.0. The molecular formula is C15H22FN3O2. The zero-order valence-corrected chi connectivity index (χ0v) is 12.3. The lowest BCUT2D eigenvalue weighted by molar-refractivity contribution is -0.385. The molecule has 1 fully saturated rings. The predicted molar refractivity (Wildman–Crippen MR) is 79.3 cm³/mol. The summed E-state index contributed by atoms with van der Waals surface area (Å²) in [6.45, 7) is 1.15. The van der Waals surface area contributed by atoms with Crippen molar-refractivity contribution >= 4 is 5.69 Å². The monoisotopic (exact) mass is 295 g/mol. The van der Waals surface area contributed by atoms with E-state index in [1.54, 1.807) is 0 Å². The molecule has 6 heteroatoms. The molecular weight excluding hydrogens is 273 g/mol. The van der Waals surface area contributed by atoms with Gasteiger partial charge in [-0.05, 0) is 44.0 Å². The summed E-state index contributed by atoms with van der Waals surface area (Å²) in [6, 6.07) is 4.13. The third kappa shape index (κ3) is 3.98. The number of halogens is 1. The quantitative estimate of drug-likeness (QED) is 0.669. The molecule has 2 unspecified atom stereocenters. The molecule has 0 bridgehead atoms. The van der Waals surface area contributed by atoms with Gasteiger partial charge in [-0.25, -0.2) is 4.39 Å². The Balaban J connectivity index is 2.11. The Morgan fingerprint density at radius 3 is 2.76 bits per heavy atom. The fraction of sp³-hybridized carbons (Fsp3) is 0.600. The molecule has 0 aromatic heterocycles. The van der Waals surface area contributed by atoms with E-state index in [2.05, 4.69) is 4.90 Å². The molecule has 2 N–H and O–H groups in total. The van der Waals surface area contributed by atoms with E-state index in [1.165, 1.54) is 25.0 Å². The van der Waals surface area contributed by atoms with Crippen LogP contribution in [-0.4, -0.2) is 29.5 Å². The number of nitro groups is 1. The molecule has 0 saturated heterocycles. The van der Waals surface area contributed by atoms with Crippen molar-refractivity contribution in [1.82, 2.24) is 4.90 Å². The Labute approximate surface area is 124 Å². The molecule has 0 heterocycles. The lowest BCUT2D eigenvalue weighted by Gasteiger charge is -2.37. The van der Waals surface area contributed by atoms with Crippen LogP contribution >= 0.6 is 0 Å². The van der Waals surface area contributed by atoms with E-state index in [-0.39, 0.29) is 5.69 Å². The molecule has 1 saturated carbocycles. The summed E-state index contributed by atoms with van der Waals surface area (Å²) in [5.41, 5.74) is 6.27. The van der Waals surface area contributed by atoms with Crippen molar-refractivity contribution in [1.29, 1.82) is 0 Å². The molecule has 0 amide bonds. The van der Waals surface area contributed by atoms with E-state index in [0.717, 1.165) is 18.9 Å². The van der Waals surface area contributed by atoms with E-state index in [0.29, 0.717) is 30.6 Å². The van der Waals surface area contributed by atoms with Crippen LogP contribution in [0.4, 0.5) is 10.1 Å². The first-order valence-corrected chi connectivity index (χ1v) is 7.35. The lowest BCUT2D eigenvalue weighted by Crippen LogP contribution is -2.42. The summed E-state index contributed by atoms with van der Waals surface area (Å²) in [4.78, 5) is 12.4. The summed E-state index contributed by atoms with van der Waals surface area (Å²) in [5.74, 6) is -0.112. The smallest absolute Gasteiger partial charge is 0.272 e. The molecule has 21 heavy (non-hydrogen) atoms. The average molecular weight is 295 g/mol. The van der Waals surface area contributed by atoms with Gasteiger partial charge in [0.25, 0.3) is 5.69 Å². The maximum absolute atomic E-state index is 13.5. The molecule has 1 aromatic carbocycles. The van der Waals surface area contributed by atoms with E-state index >= 15 is 0 Å². The minimum atomic E-state index is -0.563. The molecule has 0 radical (unpaired) electrons. The van der Waals surface area contributed by atoms with Gasteiger partial charge in [-0.3, -0.25) is 15.0 Å². The molecule has 1 aliphatic carbocycles. The molecule has 1 aromatic rings. The van der Waals surface area contributed by atoms with Crippen molar-refractivity contribution in [2.75, 3.05) is 13.6 Å². The van der Waals surface area contributed by atoms with Crippen LogP contribution in [0, 0.1) is 21.8 Å². The van der Waals surface area contributed by atoms with Gasteiger partial charge in [-0.15, -0.1) is 0 Å². The van der Waals surface area contributed by atoms with Crippen molar-refractivity contribution in [3.63, 3.8) is 0 Å². The van der Waals surface area contributed by atoms with Crippen molar-refractivity contribution < 1.29 is 9.31 Å². The van der Waals surface area contributed by atoms with Crippen LogP contribution in [0.1, 0.15) is 31.2 Å². The topological polar surface area (TPSA) is 72.4 Å². The number of hydrogen-bond acceptors (Lipinski definition) is 4.